The molecule has 322 valence electrons. The number of rotatable bonds is 19. The predicted molar refractivity (Wildman–Crippen MR) is 243 cm³/mol. The molecule has 2 aliphatic heterocycles. The molecule has 3 N–H and O–H groups in total. The molecule has 0 unspecified atom stereocenters. The van der Waals surface area contributed by atoms with E-state index in [0.717, 1.165) is 58.4 Å². The van der Waals surface area contributed by atoms with Crippen LogP contribution in [0.15, 0.2) is 113 Å². The van der Waals surface area contributed by atoms with Crippen molar-refractivity contribution >= 4 is 64.8 Å². The van der Waals surface area contributed by atoms with Gasteiger partial charge < -0.3 is 10.2 Å². The van der Waals surface area contributed by atoms with Gasteiger partial charge in [0.15, 0.2) is 5.71 Å². The maximum absolute atomic E-state index is 12.4. The molecular formula is C46H55N6O7S2+. The van der Waals surface area contributed by atoms with E-state index in [4.69, 9.17) is 5.53 Å². The Kier molecular flexibility index (Phi) is 13.9. The number of benzene rings is 4. The maximum atomic E-state index is 12.4. The van der Waals surface area contributed by atoms with Crippen LogP contribution in [0.2, 0.25) is 0 Å². The second-order valence-corrected chi connectivity index (χ2v) is 19.7. The third-order valence-electron chi connectivity index (χ3n) is 11.7. The minimum Gasteiger partial charge on any atom is -0.356 e. The Balaban J connectivity index is 1.27. The van der Waals surface area contributed by atoms with Crippen molar-refractivity contribution in [3.05, 3.63) is 124 Å². The van der Waals surface area contributed by atoms with Crippen LogP contribution < -0.4 is 10.2 Å². The van der Waals surface area contributed by atoms with Crippen LogP contribution >= 0.6 is 0 Å². The topological polar surface area (TPSA) is 193 Å². The minimum atomic E-state index is -4.38. The molecule has 0 aliphatic carbocycles. The van der Waals surface area contributed by atoms with Crippen LogP contribution in [0.3, 0.4) is 0 Å². The highest BCUT2D eigenvalue weighted by atomic mass is 32.2. The van der Waals surface area contributed by atoms with E-state index in [0.29, 0.717) is 57.2 Å². The lowest BCUT2D eigenvalue weighted by Gasteiger charge is -2.27. The Hall–Kier alpha value is -5.31. The average molecular weight is 868 g/mol. The van der Waals surface area contributed by atoms with Gasteiger partial charge in [0.05, 0.1) is 16.1 Å². The molecule has 6 rings (SSSR count). The highest BCUT2D eigenvalue weighted by molar-refractivity contribution is 7.86. The number of nitrogens with one attached hydrogen (secondary N) is 1. The first-order valence-corrected chi connectivity index (χ1v) is 23.8. The van der Waals surface area contributed by atoms with Crippen molar-refractivity contribution in [2.24, 2.45) is 5.11 Å². The number of hydrogen-bond donors (Lipinski definition) is 3. The Morgan fingerprint density at radius 1 is 0.836 bits per heavy atom. The van der Waals surface area contributed by atoms with Gasteiger partial charge in [0.2, 0.25) is 11.6 Å². The number of azide groups is 1. The third-order valence-corrected chi connectivity index (χ3v) is 13.4. The van der Waals surface area contributed by atoms with Gasteiger partial charge in [0.25, 0.3) is 20.2 Å². The first kappa shape index (κ1) is 45.2. The molecule has 1 amide bonds. The van der Waals surface area contributed by atoms with Gasteiger partial charge in [-0.2, -0.15) is 21.4 Å². The van der Waals surface area contributed by atoms with Gasteiger partial charge in [0, 0.05) is 71.9 Å². The molecule has 2 aliphatic rings. The lowest BCUT2D eigenvalue weighted by molar-refractivity contribution is -0.438. The quantitative estimate of drug-likeness (QED) is 0.0158. The molecule has 13 nitrogen and oxygen atoms in total. The summed E-state index contributed by atoms with van der Waals surface area (Å²) in [6, 6.07) is 21.2. The lowest BCUT2D eigenvalue weighted by Crippen LogP contribution is -2.28. The predicted octanol–water partition coefficient (Wildman–Crippen LogP) is 9.46. The molecule has 4 aromatic carbocycles. The first-order valence-electron chi connectivity index (χ1n) is 20.7. The molecule has 0 bridgehead atoms. The summed E-state index contributed by atoms with van der Waals surface area (Å²) in [7, 11) is -8.43. The molecule has 0 atom stereocenters. The second kappa shape index (κ2) is 18.8. The lowest BCUT2D eigenvalue weighted by atomic mass is 9.79. The summed E-state index contributed by atoms with van der Waals surface area (Å²) in [5, 5.41) is 10.3. The molecule has 0 aromatic heterocycles. The third kappa shape index (κ3) is 10.3. The summed E-state index contributed by atoms with van der Waals surface area (Å²) in [6.45, 7) is 10.8. The zero-order chi connectivity index (χ0) is 44.0. The molecule has 61 heavy (non-hydrogen) atoms. The number of nitrogens with zero attached hydrogens (tertiary/aromatic N) is 5. The van der Waals surface area contributed by atoms with Crippen molar-refractivity contribution < 1.29 is 35.3 Å². The summed E-state index contributed by atoms with van der Waals surface area (Å²) in [5.74, 6) is -0.310. The van der Waals surface area contributed by atoms with Gasteiger partial charge in [-0.3, -0.25) is 13.9 Å². The minimum absolute atomic E-state index is 0.0280. The van der Waals surface area contributed by atoms with Gasteiger partial charge >= 0.3 is 0 Å². The van der Waals surface area contributed by atoms with E-state index >= 15 is 0 Å². The van der Waals surface area contributed by atoms with E-state index in [-0.39, 0.29) is 22.0 Å². The van der Waals surface area contributed by atoms with E-state index in [1.165, 1.54) is 23.1 Å². The van der Waals surface area contributed by atoms with Crippen LogP contribution in [0.25, 0.3) is 32.0 Å². The van der Waals surface area contributed by atoms with E-state index in [9.17, 15) is 30.7 Å². The zero-order valence-corrected chi connectivity index (χ0v) is 36.8. The smallest absolute Gasteiger partial charge is 0.294 e. The number of allylic oxidation sites excluding steroid dienone is 6. The molecular weight excluding hydrogens is 813 g/mol. The molecule has 0 spiro atoms. The van der Waals surface area contributed by atoms with Crippen molar-refractivity contribution in [2.75, 3.05) is 36.8 Å². The molecule has 2 heterocycles. The van der Waals surface area contributed by atoms with Crippen LogP contribution in [-0.4, -0.2) is 74.1 Å². The Bertz CT molecular complexity index is 2730. The highest BCUT2D eigenvalue weighted by Crippen LogP contribution is 2.51. The van der Waals surface area contributed by atoms with E-state index < -0.39 is 25.7 Å². The van der Waals surface area contributed by atoms with E-state index in [2.05, 4.69) is 88.9 Å². The van der Waals surface area contributed by atoms with Crippen molar-refractivity contribution in [1.82, 2.24) is 5.32 Å². The number of carbonyl (C=O) groups is 1. The van der Waals surface area contributed by atoms with Gasteiger partial charge in [0.1, 0.15) is 6.54 Å². The number of amides is 1. The zero-order valence-electron chi connectivity index (χ0n) is 35.2. The van der Waals surface area contributed by atoms with Crippen LogP contribution in [0.5, 0.6) is 0 Å². The number of fused-ring (bicyclic) bond motifs is 6. The standard InChI is InChI=1S/C46H54N6O7S2/c1-45(2)40(52(30-13-14-31-60(54,55)56)38-25-21-33-16-10-11-17-36(33)43(38)45)18-7-5-8-19-41-46(3,4)44-37-24-23-35(61(57,58)59)32-34(37)22-26-39(44)51(41)29-12-6-9-20-42(53)48-27-15-28-49-50-47/h5,7-8,10-11,16-19,21-26,32H,6,9,12-15,20,27-31H2,1-4H3,(H2-,48,53,54,55,56,57,58,59)/p+1. The van der Waals surface area contributed by atoms with Gasteiger partial charge in [-0.25, -0.2) is 0 Å². The van der Waals surface area contributed by atoms with Crippen LogP contribution in [0, 0.1) is 0 Å². The van der Waals surface area contributed by atoms with Gasteiger partial charge in [-0.1, -0.05) is 80.0 Å². The number of hydrogen-bond acceptors (Lipinski definition) is 7. The molecule has 0 radical (unpaired) electrons. The maximum Gasteiger partial charge on any atom is 0.294 e. The Morgan fingerprint density at radius 3 is 2.34 bits per heavy atom. The summed E-state index contributed by atoms with van der Waals surface area (Å²) in [6.07, 6.45) is 14.6. The fraction of sp³-hybridized carbons (Fsp3) is 0.391. The summed E-state index contributed by atoms with van der Waals surface area (Å²) in [5.41, 5.74) is 14.1. The summed E-state index contributed by atoms with van der Waals surface area (Å²) >= 11 is 0. The highest BCUT2D eigenvalue weighted by Gasteiger charge is 2.45. The molecule has 15 heteroatoms. The molecule has 0 fully saturated rings. The van der Waals surface area contributed by atoms with Crippen molar-refractivity contribution in [2.45, 2.75) is 88.4 Å². The van der Waals surface area contributed by atoms with Crippen LogP contribution in [0.4, 0.5) is 11.4 Å². The normalized spacial score (nSPS) is 16.6. The van der Waals surface area contributed by atoms with Crippen molar-refractivity contribution in [1.29, 1.82) is 0 Å². The first-order chi connectivity index (χ1) is 28.9. The van der Waals surface area contributed by atoms with Crippen molar-refractivity contribution in [3.8, 4) is 0 Å². The monoisotopic (exact) mass is 867 g/mol. The second-order valence-electron chi connectivity index (χ2n) is 16.7. The fourth-order valence-electron chi connectivity index (χ4n) is 8.90. The largest absolute Gasteiger partial charge is 0.356 e. The summed E-state index contributed by atoms with van der Waals surface area (Å²) < 4.78 is 68.3. The van der Waals surface area contributed by atoms with Crippen LogP contribution in [-0.2, 0) is 35.9 Å². The Labute approximate surface area is 358 Å². The fourth-order valence-corrected chi connectivity index (χ4v) is 9.99. The van der Waals surface area contributed by atoms with Crippen LogP contribution in [0.1, 0.15) is 83.8 Å². The molecule has 0 saturated heterocycles. The van der Waals surface area contributed by atoms with E-state index in [1.807, 2.05) is 42.5 Å². The number of unbranched alkanes of at least 4 members (excludes halogenated alkanes) is 3. The average Bonchev–Trinajstić information content (AvgIpc) is 3.56. The van der Waals surface area contributed by atoms with Gasteiger partial charge in [-0.05, 0) is 103 Å². The Morgan fingerprint density at radius 2 is 1.59 bits per heavy atom. The van der Waals surface area contributed by atoms with E-state index in [1.54, 1.807) is 6.07 Å². The number of anilines is 1. The number of carbonyl (C=O) groups excluding carboxylic acids is 1. The van der Waals surface area contributed by atoms with Crippen molar-refractivity contribution in [3.63, 3.8) is 0 Å². The SMILES string of the molecule is CC1(C)C(=CC=CC=CC2=[N+](CCCCS(=O)(=O)O)c3ccc4ccccc4c3C2(C)C)N(CCCCCC(=O)NCCCN=[N+]=[N-])c2ccc3cc(S(=O)(=O)O)ccc3c21. The van der Waals surface area contributed by atoms with Gasteiger partial charge in [-0.15, -0.1) is 0 Å². The molecule has 4 aromatic rings. The summed E-state index contributed by atoms with van der Waals surface area (Å²) in [4.78, 5) is 17.3. The molecule has 0 saturated carbocycles.